The van der Waals surface area contributed by atoms with Gasteiger partial charge in [0, 0.05) is 31.2 Å². The fourth-order valence-corrected chi connectivity index (χ4v) is 4.34. The lowest BCUT2D eigenvalue weighted by Gasteiger charge is -2.05. The molecule has 0 aliphatic rings. The summed E-state index contributed by atoms with van der Waals surface area (Å²) in [5.74, 6) is 5.46. The van der Waals surface area contributed by atoms with Gasteiger partial charge in [0.1, 0.15) is 0 Å². The largest absolute Gasteiger partial charge is 0.285 e. The molecule has 0 saturated carbocycles. The van der Waals surface area contributed by atoms with Crippen LogP contribution in [0.15, 0.2) is 93.9 Å². The van der Waals surface area contributed by atoms with E-state index in [4.69, 9.17) is 0 Å². The van der Waals surface area contributed by atoms with E-state index in [0.717, 1.165) is 31.2 Å². The molecule has 0 aliphatic carbocycles. The van der Waals surface area contributed by atoms with E-state index < -0.39 is 11.6 Å². The third-order valence-electron chi connectivity index (χ3n) is 5.53. The maximum Gasteiger partial charge on any atom is 0.233 e. The van der Waals surface area contributed by atoms with Gasteiger partial charge in [-0.05, 0) is 87.4 Å². The summed E-state index contributed by atoms with van der Waals surface area (Å²) in [5.41, 5.74) is 7.32. The Balaban J connectivity index is 0.000000202. The van der Waals surface area contributed by atoms with Crippen LogP contribution in [-0.4, -0.2) is 11.6 Å². The molecule has 0 aromatic heterocycles. The SMILES string of the molecule is Cc1ccc(C#Cc2ccc(Br)cc2C)cc1.Cc1ccc(C(=O)C(=O)c2ccc(Br)cc2C)cc1. The van der Waals surface area contributed by atoms with E-state index in [1.54, 1.807) is 24.3 Å². The van der Waals surface area contributed by atoms with Crippen LogP contribution in [0.3, 0.4) is 0 Å². The minimum Gasteiger partial charge on any atom is -0.285 e. The number of carbonyl (C=O) groups excluding carboxylic acids is 2. The summed E-state index contributed by atoms with van der Waals surface area (Å²) in [7, 11) is 0. The highest BCUT2D eigenvalue weighted by molar-refractivity contribution is 9.10. The molecule has 0 bridgehead atoms. The lowest BCUT2D eigenvalue weighted by Crippen LogP contribution is -2.15. The molecule has 0 spiro atoms. The van der Waals surface area contributed by atoms with Crippen molar-refractivity contribution in [1.82, 2.24) is 0 Å². The summed E-state index contributed by atoms with van der Waals surface area (Å²) >= 11 is 6.79. The molecule has 4 rings (SSSR count). The standard InChI is InChI=1S/C16H13BrO2.C16H13Br/c1-10-3-5-12(6-4-10)15(18)16(19)14-8-7-13(17)9-11(14)2;1-12-3-5-14(6-4-12)7-8-15-9-10-16(17)11-13(15)2/h3-9H,1-2H3;3-6,9-11H,1-2H3. The molecule has 4 aromatic carbocycles. The number of Topliss-reactive ketones (excluding diaryl/α,β-unsaturated/α-hetero) is 2. The topological polar surface area (TPSA) is 34.1 Å². The van der Waals surface area contributed by atoms with E-state index in [1.165, 1.54) is 11.1 Å². The Bertz CT molecular complexity index is 1460. The number of rotatable bonds is 3. The normalized spacial score (nSPS) is 9.94. The molecule has 0 heterocycles. The van der Waals surface area contributed by atoms with E-state index >= 15 is 0 Å². The van der Waals surface area contributed by atoms with Crippen molar-refractivity contribution in [1.29, 1.82) is 0 Å². The number of halogens is 2. The van der Waals surface area contributed by atoms with Crippen LogP contribution in [0.4, 0.5) is 0 Å². The number of hydrogen-bond donors (Lipinski definition) is 0. The number of carbonyl (C=O) groups is 2. The van der Waals surface area contributed by atoms with Crippen LogP contribution in [0.5, 0.6) is 0 Å². The summed E-state index contributed by atoms with van der Waals surface area (Å²) in [6.07, 6.45) is 0. The van der Waals surface area contributed by atoms with E-state index in [0.29, 0.717) is 11.1 Å². The van der Waals surface area contributed by atoms with Gasteiger partial charge in [-0.1, -0.05) is 91.2 Å². The van der Waals surface area contributed by atoms with Crippen molar-refractivity contribution in [3.63, 3.8) is 0 Å². The van der Waals surface area contributed by atoms with Crippen molar-refractivity contribution in [2.75, 3.05) is 0 Å². The molecule has 4 heteroatoms. The highest BCUT2D eigenvalue weighted by atomic mass is 79.9. The van der Waals surface area contributed by atoms with Gasteiger partial charge in [-0.2, -0.15) is 0 Å². The Kier molecular flexibility index (Phi) is 9.58. The van der Waals surface area contributed by atoms with Crippen LogP contribution in [0.25, 0.3) is 0 Å². The fourth-order valence-electron chi connectivity index (χ4n) is 3.38. The zero-order chi connectivity index (χ0) is 26.2. The van der Waals surface area contributed by atoms with Crippen molar-refractivity contribution >= 4 is 43.4 Å². The van der Waals surface area contributed by atoms with Gasteiger partial charge in [-0.15, -0.1) is 0 Å². The summed E-state index contributed by atoms with van der Waals surface area (Å²) in [4.78, 5) is 24.3. The number of hydrogen-bond acceptors (Lipinski definition) is 2. The van der Waals surface area contributed by atoms with Crippen LogP contribution in [-0.2, 0) is 0 Å². The molecule has 4 aromatic rings. The quantitative estimate of drug-likeness (QED) is 0.134. The smallest absolute Gasteiger partial charge is 0.233 e. The molecule has 0 N–H and O–H groups in total. The molecule has 0 radical (unpaired) electrons. The third kappa shape index (κ3) is 7.62. The second-order valence-corrected chi connectivity index (χ2v) is 10.4. The average Bonchev–Trinajstić information content (AvgIpc) is 2.85. The minimum atomic E-state index is -0.467. The summed E-state index contributed by atoms with van der Waals surface area (Å²) in [6, 6.07) is 26.7. The molecule has 36 heavy (non-hydrogen) atoms. The first-order chi connectivity index (χ1) is 17.1. The Morgan fingerprint density at radius 1 is 0.583 bits per heavy atom. The predicted octanol–water partition coefficient (Wildman–Crippen LogP) is 8.60. The fraction of sp³-hybridized carbons (Fsp3) is 0.125. The van der Waals surface area contributed by atoms with Crippen molar-refractivity contribution < 1.29 is 9.59 Å². The molecular weight excluding hydrogens is 576 g/mol. The predicted molar refractivity (Wildman–Crippen MR) is 155 cm³/mol. The van der Waals surface area contributed by atoms with E-state index in [2.05, 4.69) is 87.9 Å². The van der Waals surface area contributed by atoms with Crippen molar-refractivity contribution in [2.45, 2.75) is 27.7 Å². The second-order valence-electron chi connectivity index (χ2n) is 8.56. The Morgan fingerprint density at radius 3 is 1.67 bits per heavy atom. The summed E-state index contributed by atoms with van der Waals surface area (Å²) in [6.45, 7) is 7.91. The monoisotopic (exact) mass is 600 g/mol. The Hall–Kier alpha value is -3.26. The van der Waals surface area contributed by atoms with Gasteiger partial charge in [-0.3, -0.25) is 9.59 Å². The second kappa shape index (κ2) is 12.6. The Labute approximate surface area is 230 Å². The van der Waals surface area contributed by atoms with Crippen LogP contribution >= 0.6 is 31.9 Å². The number of benzene rings is 4. The van der Waals surface area contributed by atoms with E-state index in [-0.39, 0.29) is 0 Å². The zero-order valence-electron chi connectivity index (χ0n) is 20.7. The minimum absolute atomic E-state index is 0.429. The number of aryl methyl sites for hydroxylation is 4. The van der Waals surface area contributed by atoms with Gasteiger partial charge >= 0.3 is 0 Å². The molecule has 0 aliphatic heterocycles. The van der Waals surface area contributed by atoms with Crippen LogP contribution in [0.1, 0.15) is 54.1 Å². The summed E-state index contributed by atoms with van der Waals surface area (Å²) in [5, 5.41) is 0. The van der Waals surface area contributed by atoms with Crippen molar-refractivity contribution in [2.24, 2.45) is 0 Å². The van der Waals surface area contributed by atoms with Crippen LogP contribution < -0.4 is 0 Å². The van der Waals surface area contributed by atoms with E-state index in [9.17, 15) is 9.59 Å². The van der Waals surface area contributed by atoms with Crippen LogP contribution in [0, 0.1) is 39.5 Å². The first-order valence-electron chi connectivity index (χ1n) is 11.4. The molecule has 0 atom stereocenters. The van der Waals surface area contributed by atoms with Crippen molar-refractivity contribution in [3.8, 4) is 11.8 Å². The maximum absolute atomic E-state index is 12.2. The first-order valence-corrected chi connectivity index (χ1v) is 13.0. The molecule has 0 unspecified atom stereocenters. The third-order valence-corrected chi connectivity index (χ3v) is 6.52. The van der Waals surface area contributed by atoms with Crippen LogP contribution in [0.2, 0.25) is 0 Å². The summed E-state index contributed by atoms with van der Waals surface area (Å²) < 4.78 is 1.99. The van der Waals surface area contributed by atoms with Gasteiger partial charge in [-0.25, -0.2) is 0 Å². The molecule has 2 nitrogen and oxygen atoms in total. The molecular formula is C32H26Br2O2. The van der Waals surface area contributed by atoms with E-state index in [1.807, 2.05) is 44.2 Å². The van der Waals surface area contributed by atoms with Gasteiger partial charge in [0.2, 0.25) is 11.6 Å². The van der Waals surface area contributed by atoms with Crippen molar-refractivity contribution in [3.05, 3.63) is 138 Å². The highest BCUT2D eigenvalue weighted by Crippen LogP contribution is 2.18. The van der Waals surface area contributed by atoms with Gasteiger partial charge in [0.15, 0.2) is 0 Å². The maximum atomic E-state index is 12.2. The van der Waals surface area contributed by atoms with Gasteiger partial charge in [0.05, 0.1) is 0 Å². The molecule has 180 valence electrons. The lowest BCUT2D eigenvalue weighted by molar-refractivity contribution is 0.0816. The molecule has 0 saturated heterocycles. The lowest BCUT2D eigenvalue weighted by atomic mass is 9.98. The van der Waals surface area contributed by atoms with Gasteiger partial charge < -0.3 is 0 Å². The number of ketones is 2. The Morgan fingerprint density at radius 2 is 1.11 bits per heavy atom. The zero-order valence-corrected chi connectivity index (χ0v) is 23.8. The highest BCUT2D eigenvalue weighted by Gasteiger charge is 2.19. The molecule has 0 fully saturated rings. The molecule has 0 amide bonds. The average molecular weight is 602 g/mol. The van der Waals surface area contributed by atoms with Gasteiger partial charge in [0.25, 0.3) is 0 Å². The first kappa shape index (κ1) is 27.3.